The van der Waals surface area contributed by atoms with Gasteiger partial charge in [0.2, 0.25) is 0 Å². The van der Waals surface area contributed by atoms with Crippen molar-refractivity contribution in [2.24, 2.45) is 0 Å². The molecule has 18 heavy (non-hydrogen) atoms. The molecule has 3 heteroatoms. The van der Waals surface area contributed by atoms with Gasteiger partial charge in [-0.2, -0.15) is 0 Å². The van der Waals surface area contributed by atoms with Gasteiger partial charge in [-0.1, -0.05) is 75.8 Å². The first-order chi connectivity index (χ1) is 8.85. The normalized spacial score (nSPS) is 9.28. The Bertz CT molecular complexity index is 252. The molecule has 0 unspecified atom stereocenters. The van der Waals surface area contributed by atoms with Crippen LogP contribution in [0.5, 0.6) is 0 Å². The first-order valence-electron chi connectivity index (χ1n) is 6.80. The van der Waals surface area contributed by atoms with Crippen LogP contribution in [0.1, 0.15) is 50.5 Å². The van der Waals surface area contributed by atoms with E-state index in [4.69, 9.17) is 0 Å². The third kappa shape index (κ3) is 13.4. The Labute approximate surface area is 135 Å². The van der Waals surface area contributed by atoms with Gasteiger partial charge in [0, 0.05) is 0 Å². The molecule has 0 aliphatic heterocycles. The van der Waals surface area contributed by atoms with E-state index in [2.05, 4.69) is 63.0 Å². The van der Waals surface area contributed by atoms with E-state index in [1.54, 1.807) is 0 Å². The van der Waals surface area contributed by atoms with Gasteiger partial charge in [0.15, 0.2) is 0 Å². The van der Waals surface area contributed by atoms with Gasteiger partial charge < -0.3 is 0 Å². The summed E-state index contributed by atoms with van der Waals surface area (Å²) in [6.07, 6.45) is 10.5. The Hall–Kier alpha value is 0.946. The maximum atomic E-state index is 3.86. The fourth-order valence-corrected chi connectivity index (χ4v) is 1.86. The zero-order valence-corrected chi connectivity index (χ0v) is 15.8. The highest BCUT2D eigenvalue weighted by molar-refractivity contribution is 9.47. The zero-order valence-electron chi connectivity index (χ0n) is 11.2. The molecule has 0 aliphatic carbocycles. The smallest absolute Gasteiger partial charge is 0.280 e. The summed E-state index contributed by atoms with van der Waals surface area (Å²) in [6.45, 7) is 3.86. The molecule has 1 rings (SSSR count). The molecule has 0 saturated carbocycles. The van der Waals surface area contributed by atoms with Crippen molar-refractivity contribution in [3.63, 3.8) is 0 Å². The molecule has 0 fully saturated rings. The molecule has 0 spiro atoms. The zero-order chi connectivity index (χ0) is 13.5. The average molecular weight is 387 g/mol. The van der Waals surface area contributed by atoms with Crippen LogP contribution in [0.25, 0.3) is 0 Å². The molecule has 0 nitrogen and oxygen atoms in total. The third-order valence-corrected chi connectivity index (χ3v) is 2.81. The molecule has 1 aromatic rings. The predicted molar refractivity (Wildman–Crippen MR) is 91.4 cm³/mol. The molecule has 1 aromatic carbocycles. The van der Waals surface area contributed by atoms with Gasteiger partial charge in [0.25, 0.3) is 0 Å². The molecular formula is C15H23Br2Mg. The summed E-state index contributed by atoms with van der Waals surface area (Å²) in [7, 11) is 0. The topological polar surface area (TPSA) is 0 Å². The molecular weight excluding hydrogens is 364 g/mol. The quantitative estimate of drug-likeness (QED) is 0.373. The highest BCUT2D eigenvalue weighted by atomic mass is 79.9. The molecule has 0 aromatic heterocycles. The highest BCUT2D eigenvalue weighted by Gasteiger charge is 1.92. The van der Waals surface area contributed by atoms with Crippen LogP contribution >= 0.6 is 25.8 Å². The monoisotopic (exact) mass is 385 g/mol. The van der Waals surface area contributed by atoms with Crippen molar-refractivity contribution < 1.29 is 0 Å². The summed E-state index contributed by atoms with van der Waals surface area (Å²) in [5.41, 5.74) is 1.48. The van der Waals surface area contributed by atoms with Crippen LogP contribution in [-0.4, -0.2) is 16.0 Å². The van der Waals surface area contributed by atoms with Crippen molar-refractivity contribution in [3.8, 4) is 0 Å². The number of rotatable bonds is 8. The van der Waals surface area contributed by atoms with Crippen LogP contribution in [0.3, 0.4) is 0 Å². The van der Waals surface area contributed by atoms with E-state index < -0.39 is 0 Å². The fraction of sp³-hybridized carbons (Fsp3) is 0.533. The highest BCUT2D eigenvalue weighted by Crippen LogP contribution is 2.10. The SMILES string of the molecule is [Br][Mg][Br].[CH2]CCCCCCCCc1ccccc1. The lowest BCUT2D eigenvalue weighted by Crippen LogP contribution is -1.85. The van der Waals surface area contributed by atoms with Crippen molar-refractivity contribution in [2.45, 2.75) is 51.4 Å². The fourth-order valence-electron chi connectivity index (χ4n) is 1.86. The maximum Gasteiger partial charge on any atom is 0.560 e. The number of halogens is 2. The van der Waals surface area contributed by atoms with Crippen molar-refractivity contribution in [2.75, 3.05) is 0 Å². The van der Waals surface area contributed by atoms with Gasteiger partial charge in [-0.15, -0.1) is 0 Å². The molecule has 0 bridgehead atoms. The van der Waals surface area contributed by atoms with Crippen molar-refractivity contribution in [1.29, 1.82) is 0 Å². The summed E-state index contributed by atoms with van der Waals surface area (Å²) in [6, 6.07) is 10.8. The van der Waals surface area contributed by atoms with Crippen molar-refractivity contribution in [1.82, 2.24) is 0 Å². The van der Waals surface area contributed by atoms with Gasteiger partial charge in [0.05, 0.1) is 0 Å². The second kappa shape index (κ2) is 16.0. The standard InChI is InChI=1S/C15H23.2BrH.Mg/c1-2-3-4-5-6-7-9-12-15-13-10-8-11-14-15;;;/h8,10-11,13-14H,1-7,9,12H2;2*1H;/q;;;+2/p-2. The third-order valence-electron chi connectivity index (χ3n) is 2.81. The first kappa shape index (κ1) is 18.9. The second-order valence-electron chi connectivity index (χ2n) is 4.31. The number of unbranched alkanes of at least 4 members (excludes halogenated alkanes) is 6. The van der Waals surface area contributed by atoms with E-state index in [-0.39, 0.29) is 16.0 Å². The second-order valence-corrected chi connectivity index (χ2v) is 12.4. The minimum absolute atomic E-state index is 0.0417. The molecule has 1 radical (unpaired) electrons. The van der Waals surface area contributed by atoms with E-state index in [1.807, 2.05) is 0 Å². The summed E-state index contributed by atoms with van der Waals surface area (Å²) < 4.78 is 0. The molecule has 0 amide bonds. The van der Waals surface area contributed by atoms with Crippen molar-refractivity contribution >= 4 is 41.8 Å². The number of hydrogen-bond donors (Lipinski definition) is 0. The summed E-state index contributed by atoms with van der Waals surface area (Å²) >= 11 is 6.44. The Morgan fingerprint density at radius 1 is 0.833 bits per heavy atom. The Morgan fingerprint density at radius 2 is 1.33 bits per heavy atom. The van der Waals surface area contributed by atoms with Crippen LogP contribution in [-0.2, 0) is 6.42 Å². The first-order valence-corrected chi connectivity index (χ1v) is 14.6. The average Bonchev–Trinajstić information content (AvgIpc) is 2.40. The molecule has 0 N–H and O–H groups in total. The molecule has 0 heterocycles. The number of benzene rings is 1. The van der Waals surface area contributed by atoms with Crippen LogP contribution in [0.15, 0.2) is 30.3 Å². The van der Waals surface area contributed by atoms with E-state index in [0.29, 0.717) is 0 Å². The van der Waals surface area contributed by atoms with E-state index >= 15 is 0 Å². The van der Waals surface area contributed by atoms with Gasteiger partial charge >= 0.3 is 16.0 Å². The summed E-state index contributed by atoms with van der Waals surface area (Å²) in [5.74, 6) is 0. The number of aryl methyl sites for hydroxylation is 1. The molecule has 0 saturated heterocycles. The Kier molecular flexibility index (Phi) is 16.8. The van der Waals surface area contributed by atoms with Crippen LogP contribution < -0.4 is 0 Å². The van der Waals surface area contributed by atoms with Gasteiger partial charge in [-0.3, -0.25) is 25.8 Å². The summed E-state index contributed by atoms with van der Waals surface area (Å²) in [5, 5.41) is 0. The lowest BCUT2D eigenvalue weighted by atomic mass is 10.0. The van der Waals surface area contributed by atoms with E-state index in [9.17, 15) is 0 Å². The predicted octanol–water partition coefficient (Wildman–Crippen LogP) is 6.10. The van der Waals surface area contributed by atoms with Crippen LogP contribution in [0.4, 0.5) is 0 Å². The lowest BCUT2D eigenvalue weighted by Gasteiger charge is -2.01. The maximum absolute atomic E-state index is 3.86. The van der Waals surface area contributed by atoms with E-state index in [0.717, 1.165) is 6.42 Å². The molecule has 0 aliphatic rings. The molecule has 0 atom stereocenters. The van der Waals surface area contributed by atoms with Crippen LogP contribution in [0.2, 0.25) is 0 Å². The minimum Gasteiger partial charge on any atom is -0.280 e. The van der Waals surface area contributed by atoms with E-state index in [1.165, 1.54) is 50.5 Å². The Balaban J connectivity index is 0.000000873. The molecule has 99 valence electrons. The van der Waals surface area contributed by atoms with Gasteiger partial charge in [-0.05, 0) is 18.4 Å². The van der Waals surface area contributed by atoms with Gasteiger partial charge in [-0.25, -0.2) is 0 Å². The van der Waals surface area contributed by atoms with Gasteiger partial charge in [0.1, 0.15) is 0 Å². The Morgan fingerprint density at radius 3 is 1.89 bits per heavy atom. The lowest BCUT2D eigenvalue weighted by molar-refractivity contribution is 0.596. The van der Waals surface area contributed by atoms with Crippen LogP contribution in [0, 0.1) is 6.92 Å². The summed E-state index contributed by atoms with van der Waals surface area (Å²) in [4.78, 5) is 0. The number of hydrogen-bond acceptors (Lipinski definition) is 0. The van der Waals surface area contributed by atoms with Crippen molar-refractivity contribution in [3.05, 3.63) is 42.8 Å². The minimum atomic E-state index is 0.0417. The largest absolute Gasteiger partial charge is 0.560 e.